The van der Waals surface area contributed by atoms with Crippen molar-refractivity contribution >= 4 is 47.4 Å². The predicted octanol–water partition coefficient (Wildman–Crippen LogP) is 3.34. The van der Waals surface area contributed by atoms with Gasteiger partial charge in [-0.05, 0) is 31.5 Å². The zero-order chi connectivity index (χ0) is 14.8. The summed E-state index contributed by atoms with van der Waals surface area (Å²) in [6.45, 7) is 1.41. The summed E-state index contributed by atoms with van der Waals surface area (Å²) in [6, 6.07) is 2.90. The highest BCUT2D eigenvalue weighted by molar-refractivity contribution is 6.31. The van der Waals surface area contributed by atoms with Crippen LogP contribution in [0.2, 0.25) is 5.02 Å². The molecule has 1 fully saturated rings. The molecule has 128 valence electrons. The van der Waals surface area contributed by atoms with Crippen LogP contribution in [0.3, 0.4) is 0 Å². The normalized spacial score (nSPS) is 21.2. The third kappa shape index (κ3) is 4.58. The number of hydrogen-bond acceptors (Lipinski definition) is 3. The van der Waals surface area contributed by atoms with Crippen LogP contribution < -0.4 is 5.32 Å². The van der Waals surface area contributed by atoms with Gasteiger partial charge in [-0.25, -0.2) is 9.37 Å². The zero-order valence-electron chi connectivity index (χ0n) is 12.3. The minimum Gasteiger partial charge on any atom is -0.391 e. The first-order valence-corrected chi connectivity index (χ1v) is 7.41. The number of aromatic nitrogens is 2. The van der Waals surface area contributed by atoms with Gasteiger partial charge in [0.15, 0.2) is 5.82 Å². The van der Waals surface area contributed by atoms with Gasteiger partial charge in [0, 0.05) is 11.6 Å². The Labute approximate surface area is 151 Å². The summed E-state index contributed by atoms with van der Waals surface area (Å²) in [5, 5.41) is 13.5. The number of allylic oxidation sites excluding steroid dienone is 1. The van der Waals surface area contributed by atoms with Crippen molar-refractivity contribution in [3.63, 3.8) is 0 Å². The van der Waals surface area contributed by atoms with E-state index in [1.807, 2.05) is 12.2 Å². The van der Waals surface area contributed by atoms with Gasteiger partial charge in [0.05, 0.1) is 24.0 Å². The molecule has 1 aromatic carbocycles. The van der Waals surface area contributed by atoms with Crippen molar-refractivity contribution in [3.05, 3.63) is 41.5 Å². The first-order chi connectivity index (χ1) is 10.1. The SMILES string of the molecule is Cl.Cl.O[C@H]1CCCN[C@@H]1/C=C/Cn1cnc2cc(Cl)cc(F)c21. The third-order valence-corrected chi connectivity index (χ3v) is 3.97. The molecule has 1 aliphatic rings. The van der Waals surface area contributed by atoms with Gasteiger partial charge in [0.25, 0.3) is 0 Å². The Morgan fingerprint density at radius 1 is 1.43 bits per heavy atom. The second-order valence-electron chi connectivity index (χ2n) is 5.27. The molecular weight excluding hydrogens is 364 g/mol. The molecule has 2 atom stereocenters. The average molecular weight is 383 g/mol. The van der Waals surface area contributed by atoms with Gasteiger partial charge in [-0.15, -0.1) is 24.8 Å². The minimum atomic E-state index is -0.376. The largest absolute Gasteiger partial charge is 0.391 e. The topological polar surface area (TPSA) is 50.1 Å². The van der Waals surface area contributed by atoms with Crippen molar-refractivity contribution in [2.24, 2.45) is 0 Å². The molecule has 0 radical (unpaired) electrons. The Balaban J connectivity index is 0.00000132. The number of nitrogens with zero attached hydrogens (tertiary/aromatic N) is 2. The molecule has 2 aromatic rings. The molecular formula is C15H19Cl3FN3O. The van der Waals surface area contributed by atoms with Crippen molar-refractivity contribution in [2.45, 2.75) is 31.5 Å². The van der Waals surface area contributed by atoms with E-state index in [0.717, 1.165) is 19.4 Å². The summed E-state index contributed by atoms with van der Waals surface area (Å²) < 4.78 is 15.7. The minimum absolute atomic E-state index is 0. The van der Waals surface area contributed by atoms with Crippen LogP contribution in [0.4, 0.5) is 4.39 Å². The van der Waals surface area contributed by atoms with Crippen LogP contribution in [0, 0.1) is 5.82 Å². The Morgan fingerprint density at radius 3 is 2.96 bits per heavy atom. The number of halogens is 4. The number of aliphatic hydroxyl groups is 1. The van der Waals surface area contributed by atoms with E-state index >= 15 is 0 Å². The molecule has 1 aromatic heterocycles. The van der Waals surface area contributed by atoms with E-state index in [1.54, 1.807) is 17.0 Å². The van der Waals surface area contributed by atoms with Gasteiger partial charge in [0.2, 0.25) is 0 Å². The van der Waals surface area contributed by atoms with Crippen molar-refractivity contribution in [2.75, 3.05) is 6.54 Å². The van der Waals surface area contributed by atoms with Crippen molar-refractivity contribution in [3.8, 4) is 0 Å². The highest BCUT2D eigenvalue weighted by Crippen LogP contribution is 2.22. The first-order valence-electron chi connectivity index (χ1n) is 7.03. The maximum absolute atomic E-state index is 14.0. The third-order valence-electron chi connectivity index (χ3n) is 3.75. The van der Waals surface area contributed by atoms with E-state index < -0.39 is 0 Å². The monoisotopic (exact) mass is 381 g/mol. The lowest BCUT2D eigenvalue weighted by Gasteiger charge is -2.26. The Morgan fingerprint density at radius 2 is 2.22 bits per heavy atom. The van der Waals surface area contributed by atoms with E-state index in [0.29, 0.717) is 22.6 Å². The lowest BCUT2D eigenvalue weighted by molar-refractivity contribution is 0.115. The highest BCUT2D eigenvalue weighted by atomic mass is 35.5. The predicted molar refractivity (Wildman–Crippen MR) is 95.4 cm³/mol. The van der Waals surface area contributed by atoms with Gasteiger partial charge in [-0.2, -0.15) is 0 Å². The molecule has 0 saturated carbocycles. The molecule has 0 spiro atoms. The fourth-order valence-electron chi connectivity index (χ4n) is 2.68. The Bertz CT molecular complexity index is 677. The van der Waals surface area contributed by atoms with Crippen LogP contribution in [0.5, 0.6) is 0 Å². The molecule has 0 aliphatic carbocycles. The number of hydrogen-bond donors (Lipinski definition) is 2. The molecule has 0 bridgehead atoms. The molecule has 1 saturated heterocycles. The van der Waals surface area contributed by atoms with Crippen LogP contribution in [0.15, 0.2) is 30.6 Å². The molecule has 4 nitrogen and oxygen atoms in total. The smallest absolute Gasteiger partial charge is 0.150 e. The molecule has 2 heterocycles. The zero-order valence-corrected chi connectivity index (χ0v) is 14.7. The van der Waals surface area contributed by atoms with Crippen molar-refractivity contribution in [1.29, 1.82) is 0 Å². The van der Waals surface area contributed by atoms with Crippen LogP contribution in [-0.2, 0) is 6.54 Å². The molecule has 1 aliphatic heterocycles. The summed E-state index contributed by atoms with van der Waals surface area (Å²) >= 11 is 5.82. The maximum Gasteiger partial charge on any atom is 0.150 e. The van der Waals surface area contributed by atoms with Gasteiger partial charge in [0.1, 0.15) is 5.52 Å². The number of rotatable bonds is 3. The lowest BCUT2D eigenvalue weighted by Crippen LogP contribution is -2.43. The Kier molecular flexibility index (Phi) is 7.77. The number of fused-ring (bicyclic) bond motifs is 1. The van der Waals surface area contributed by atoms with Crippen LogP contribution in [0.1, 0.15) is 12.8 Å². The molecule has 8 heteroatoms. The average Bonchev–Trinajstić information content (AvgIpc) is 2.84. The van der Waals surface area contributed by atoms with Crippen molar-refractivity contribution < 1.29 is 9.50 Å². The van der Waals surface area contributed by atoms with E-state index in [1.165, 1.54) is 6.07 Å². The van der Waals surface area contributed by atoms with Gasteiger partial charge >= 0.3 is 0 Å². The number of aliphatic hydroxyl groups excluding tert-OH is 1. The van der Waals surface area contributed by atoms with Crippen LogP contribution >= 0.6 is 36.4 Å². The number of benzene rings is 1. The van der Waals surface area contributed by atoms with E-state index in [-0.39, 0.29) is 42.8 Å². The number of nitrogens with one attached hydrogen (secondary N) is 1. The summed E-state index contributed by atoms with van der Waals surface area (Å²) in [7, 11) is 0. The second-order valence-corrected chi connectivity index (χ2v) is 5.71. The second kappa shape index (κ2) is 8.85. The summed E-state index contributed by atoms with van der Waals surface area (Å²) in [5.74, 6) is -0.376. The fourth-order valence-corrected chi connectivity index (χ4v) is 2.88. The van der Waals surface area contributed by atoms with Gasteiger partial charge in [-0.1, -0.05) is 23.8 Å². The van der Waals surface area contributed by atoms with Crippen LogP contribution in [-0.4, -0.2) is 33.3 Å². The van der Waals surface area contributed by atoms with Crippen LogP contribution in [0.25, 0.3) is 11.0 Å². The number of imidazole rings is 1. The quantitative estimate of drug-likeness (QED) is 0.801. The van der Waals surface area contributed by atoms with E-state index in [9.17, 15) is 9.50 Å². The molecule has 2 N–H and O–H groups in total. The molecule has 23 heavy (non-hydrogen) atoms. The Hall–Kier alpha value is -0.850. The summed E-state index contributed by atoms with van der Waals surface area (Å²) in [5.41, 5.74) is 0.991. The molecule has 3 rings (SSSR count). The highest BCUT2D eigenvalue weighted by Gasteiger charge is 2.19. The first kappa shape index (κ1) is 20.2. The van der Waals surface area contributed by atoms with Gasteiger partial charge < -0.3 is 15.0 Å². The summed E-state index contributed by atoms with van der Waals surface area (Å²) in [6.07, 6.45) is 6.89. The van der Waals surface area contributed by atoms with Gasteiger partial charge in [-0.3, -0.25) is 0 Å². The number of piperidine rings is 1. The molecule has 0 amide bonds. The molecule has 0 unspecified atom stereocenters. The fraction of sp³-hybridized carbons (Fsp3) is 0.400. The maximum atomic E-state index is 14.0. The van der Waals surface area contributed by atoms with Crippen molar-refractivity contribution in [1.82, 2.24) is 14.9 Å². The van der Waals surface area contributed by atoms with E-state index in [4.69, 9.17) is 11.6 Å². The lowest BCUT2D eigenvalue weighted by atomic mass is 10.0. The van der Waals surface area contributed by atoms with E-state index in [2.05, 4.69) is 10.3 Å². The standard InChI is InChI=1S/C15H17ClFN3O.2ClH/c16-10-7-11(17)15-13(8-10)19-9-20(15)6-2-3-12-14(21)4-1-5-18-12;;/h2-3,7-9,12,14,18,21H,1,4-6H2;2*1H/b3-2+;;/t12-,14+;;/m1../s1. The summed E-state index contributed by atoms with van der Waals surface area (Å²) in [4.78, 5) is 4.16.